The SMILES string of the molecule is N#Cc1ccc(NCc2ccc(C3CC3)cc2)c(Cl)c1. The first-order valence-electron chi connectivity index (χ1n) is 6.78. The highest BCUT2D eigenvalue weighted by Gasteiger charge is 2.22. The standard InChI is InChI=1S/C17H15ClN2/c18-16-9-13(10-19)3-8-17(16)20-11-12-1-4-14(5-2-12)15-6-7-15/h1-5,8-9,15,20H,6-7,11H2. The van der Waals surface area contributed by atoms with Crippen molar-refractivity contribution in [1.29, 1.82) is 5.26 Å². The van der Waals surface area contributed by atoms with Crippen LogP contribution in [0.1, 0.15) is 35.4 Å². The van der Waals surface area contributed by atoms with Crippen LogP contribution in [0.2, 0.25) is 5.02 Å². The Hall–Kier alpha value is -1.98. The van der Waals surface area contributed by atoms with E-state index in [4.69, 9.17) is 16.9 Å². The topological polar surface area (TPSA) is 35.8 Å². The number of rotatable bonds is 4. The molecule has 0 amide bonds. The minimum atomic E-state index is 0.578. The van der Waals surface area contributed by atoms with E-state index < -0.39 is 0 Å². The van der Waals surface area contributed by atoms with Gasteiger partial charge in [-0.15, -0.1) is 0 Å². The average Bonchev–Trinajstić information content (AvgIpc) is 3.31. The summed E-state index contributed by atoms with van der Waals surface area (Å²) in [5, 5.41) is 12.7. The molecule has 0 aliphatic heterocycles. The maximum Gasteiger partial charge on any atom is 0.0992 e. The molecule has 0 spiro atoms. The first-order valence-corrected chi connectivity index (χ1v) is 7.16. The van der Waals surface area contributed by atoms with Crippen LogP contribution in [-0.2, 0) is 6.54 Å². The zero-order valence-corrected chi connectivity index (χ0v) is 11.8. The van der Waals surface area contributed by atoms with Crippen molar-refractivity contribution in [1.82, 2.24) is 0 Å². The Bertz CT molecular complexity index is 652. The second-order valence-corrected chi connectivity index (χ2v) is 5.58. The highest BCUT2D eigenvalue weighted by Crippen LogP contribution is 2.39. The van der Waals surface area contributed by atoms with E-state index in [1.54, 1.807) is 12.1 Å². The lowest BCUT2D eigenvalue weighted by Crippen LogP contribution is -2.00. The third kappa shape index (κ3) is 2.95. The van der Waals surface area contributed by atoms with Crippen molar-refractivity contribution in [3.63, 3.8) is 0 Å². The van der Waals surface area contributed by atoms with Crippen molar-refractivity contribution >= 4 is 17.3 Å². The van der Waals surface area contributed by atoms with Gasteiger partial charge in [0.2, 0.25) is 0 Å². The number of nitrogens with zero attached hydrogens (tertiary/aromatic N) is 1. The molecule has 0 radical (unpaired) electrons. The molecule has 0 heterocycles. The van der Waals surface area contributed by atoms with Crippen LogP contribution in [0.15, 0.2) is 42.5 Å². The number of benzene rings is 2. The van der Waals surface area contributed by atoms with Crippen molar-refractivity contribution in [2.45, 2.75) is 25.3 Å². The molecule has 2 aromatic rings. The zero-order valence-electron chi connectivity index (χ0n) is 11.1. The number of nitriles is 1. The van der Waals surface area contributed by atoms with Crippen molar-refractivity contribution < 1.29 is 0 Å². The molecule has 0 unspecified atom stereocenters. The molecule has 1 aliphatic rings. The Balaban J connectivity index is 1.65. The summed E-state index contributed by atoms with van der Waals surface area (Å²) in [6.45, 7) is 0.733. The average molecular weight is 283 g/mol. The Kier molecular flexibility index (Phi) is 3.62. The molecule has 1 fully saturated rings. The van der Waals surface area contributed by atoms with Crippen LogP contribution in [0.5, 0.6) is 0 Å². The van der Waals surface area contributed by atoms with Gasteiger partial charge < -0.3 is 5.32 Å². The maximum atomic E-state index is 8.81. The van der Waals surface area contributed by atoms with Crippen molar-refractivity contribution in [2.75, 3.05) is 5.32 Å². The largest absolute Gasteiger partial charge is 0.380 e. The molecule has 3 rings (SSSR count). The van der Waals surface area contributed by atoms with Crippen LogP contribution in [0.25, 0.3) is 0 Å². The molecule has 1 aliphatic carbocycles. The second kappa shape index (κ2) is 5.56. The molecule has 1 saturated carbocycles. The Labute approximate surface area is 124 Å². The third-order valence-corrected chi connectivity index (χ3v) is 3.92. The molecule has 2 aromatic carbocycles. The van der Waals surface area contributed by atoms with Crippen molar-refractivity contribution in [2.24, 2.45) is 0 Å². The molecule has 0 atom stereocenters. The van der Waals surface area contributed by atoms with E-state index >= 15 is 0 Å². The molecule has 0 bridgehead atoms. The van der Waals surface area contributed by atoms with Gasteiger partial charge >= 0.3 is 0 Å². The predicted molar refractivity (Wildman–Crippen MR) is 81.9 cm³/mol. The molecule has 1 N–H and O–H groups in total. The van der Waals surface area contributed by atoms with E-state index in [1.165, 1.54) is 24.0 Å². The summed E-state index contributed by atoms with van der Waals surface area (Å²) in [6, 6.07) is 16.1. The van der Waals surface area contributed by atoms with Crippen molar-refractivity contribution in [3.05, 3.63) is 64.2 Å². The lowest BCUT2D eigenvalue weighted by atomic mass is 10.1. The van der Waals surface area contributed by atoms with Crippen LogP contribution in [0, 0.1) is 11.3 Å². The summed E-state index contributed by atoms with van der Waals surface area (Å²) < 4.78 is 0. The summed E-state index contributed by atoms with van der Waals surface area (Å²) in [6.07, 6.45) is 2.66. The summed E-state index contributed by atoms with van der Waals surface area (Å²) in [5.41, 5.74) is 4.12. The first-order chi connectivity index (χ1) is 9.76. The summed E-state index contributed by atoms with van der Waals surface area (Å²) >= 11 is 6.14. The molecule has 100 valence electrons. The van der Waals surface area contributed by atoms with Crippen LogP contribution in [0.4, 0.5) is 5.69 Å². The van der Waals surface area contributed by atoms with E-state index in [-0.39, 0.29) is 0 Å². The zero-order chi connectivity index (χ0) is 13.9. The molecule has 2 nitrogen and oxygen atoms in total. The van der Waals surface area contributed by atoms with Crippen LogP contribution >= 0.6 is 11.6 Å². The highest BCUT2D eigenvalue weighted by molar-refractivity contribution is 6.33. The van der Waals surface area contributed by atoms with Gasteiger partial charge in [-0.05, 0) is 48.1 Å². The van der Waals surface area contributed by atoms with E-state index in [2.05, 4.69) is 35.7 Å². The fourth-order valence-corrected chi connectivity index (χ4v) is 2.50. The van der Waals surface area contributed by atoms with Gasteiger partial charge in [0.15, 0.2) is 0 Å². The number of hydrogen-bond donors (Lipinski definition) is 1. The van der Waals surface area contributed by atoms with Crippen LogP contribution < -0.4 is 5.32 Å². The van der Waals surface area contributed by atoms with Gasteiger partial charge in [-0.3, -0.25) is 0 Å². The van der Waals surface area contributed by atoms with Gasteiger partial charge in [0.1, 0.15) is 0 Å². The smallest absolute Gasteiger partial charge is 0.0992 e. The lowest BCUT2D eigenvalue weighted by Gasteiger charge is -2.09. The Morgan fingerprint density at radius 3 is 2.50 bits per heavy atom. The fourth-order valence-electron chi connectivity index (χ4n) is 2.25. The normalized spacial score (nSPS) is 13.8. The molecular formula is C17H15ClN2. The predicted octanol–water partition coefficient (Wildman–Crippen LogP) is 4.70. The van der Waals surface area contributed by atoms with E-state index in [0.717, 1.165) is 18.2 Å². The van der Waals surface area contributed by atoms with Gasteiger partial charge in [-0.2, -0.15) is 5.26 Å². The molecule has 0 aromatic heterocycles. The molecular weight excluding hydrogens is 268 g/mol. The van der Waals surface area contributed by atoms with E-state index in [0.29, 0.717) is 10.6 Å². The lowest BCUT2D eigenvalue weighted by molar-refractivity contribution is 1.10. The Morgan fingerprint density at radius 1 is 1.15 bits per heavy atom. The maximum absolute atomic E-state index is 8.81. The number of anilines is 1. The number of halogens is 1. The third-order valence-electron chi connectivity index (χ3n) is 3.61. The van der Waals surface area contributed by atoms with Gasteiger partial charge in [0.25, 0.3) is 0 Å². The van der Waals surface area contributed by atoms with Gasteiger partial charge in [0, 0.05) is 6.54 Å². The van der Waals surface area contributed by atoms with Gasteiger partial charge in [0.05, 0.1) is 22.3 Å². The highest BCUT2D eigenvalue weighted by atomic mass is 35.5. The fraction of sp³-hybridized carbons (Fsp3) is 0.235. The monoisotopic (exact) mass is 282 g/mol. The van der Waals surface area contributed by atoms with Crippen LogP contribution in [0.3, 0.4) is 0 Å². The second-order valence-electron chi connectivity index (χ2n) is 5.18. The van der Waals surface area contributed by atoms with E-state index in [9.17, 15) is 0 Å². The van der Waals surface area contributed by atoms with Crippen molar-refractivity contribution in [3.8, 4) is 6.07 Å². The summed E-state index contributed by atoms with van der Waals surface area (Å²) in [7, 11) is 0. The van der Waals surface area contributed by atoms with E-state index in [1.807, 2.05) is 6.07 Å². The molecule has 3 heteroatoms. The Morgan fingerprint density at radius 2 is 1.90 bits per heavy atom. The van der Waals surface area contributed by atoms with Gasteiger partial charge in [-0.25, -0.2) is 0 Å². The summed E-state index contributed by atoms with van der Waals surface area (Å²) in [5.74, 6) is 0.796. The molecule has 0 saturated heterocycles. The molecule has 20 heavy (non-hydrogen) atoms. The number of hydrogen-bond acceptors (Lipinski definition) is 2. The van der Waals surface area contributed by atoms with Crippen LogP contribution in [-0.4, -0.2) is 0 Å². The minimum Gasteiger partial charge on any atom is -0.380 e. The minimum absolute atomic E-state index is 0.578. The van der Waals surface area contributed by atoms with Gasteiger partial charge in [-0.1, -0.05) is 35.9 Å². The summed E-state index contributed by atoms with van der Waals surface area (Å²) in [4.78, 5) is 0. The quantitative estimate of drug-likeness (QED) is 0.882. The first kappa shape index (κ1) is 13.0. The number of nitrogens with one attached hydrogen (secondary N) is 1.